The first kappa shape index (κ1) is 12.6. The average Bonchev–Trinajstić information content (AvgIpc) is 2.51. The van der Waals surface area contributed by atoms with Gasteiger partial charge in [0.25, 0.3) is 0 Å². The fourth-order valence-electron chi connectivity index (χ4n) is 2.87. The number of nitrogens with one attached hydrogen (secondary N) is 1. The summed E-state index contributed by atoms with van der Waals surface area (Å²) in [5.41, 5.74) is 3.15. The summed E-state index contributed by atoms with van der Waals surface area (Å²) in [7, 11) is 0. The minimum absolute atomic E-state index is 0.253. The van der Waals surface area contributed by atoms with E-state index in [4.69, 9.17) is 5.11 Å². The quantitative estimate of drug-likeness (QED) is 0.838. The third kappa shape index (κ3) is 2.53. The van der Waals surface area contributed by atoms with Crippen LogP contribution in [0.4, 0.5) is 0 Å². The smallest absolute Gasteiger partial charge is 0.0445 e. The maximum Gasteiger partial charge on any atom is 0.0445 e. The lowest BCUT2D eigenvalue weighted by atomic mass is 9.85. The van der Waals surface area contributed by atoms with Crippen LogP contribution in [0.15, 0.2) is 24.3 Å². The van der Waals surface area contributed by atoms with Gasteiger partial charge in [-0.05, 0) is 36.3 Å². The Kier molecular flexibility index (Phi) is 3.55. The monoisotopic (exact) mass is 233 g/mol. The molecular weight excluding hydrogens is 210 g/mol. The van der Waals surface area contributed by atoms with Crippen molar-refractivity contribution in [2.24, 2.45) is 5.41 Å². The van der Waals surface area contributed by atoms with Gasteiger partial charge in [-0.3, -0.25) is 0 Å². The Balaban J connectivity index is 2.19. The van der Waals surface area contributed by atoms with Crippen molar-refractivity contribution in [3.63, 3.8) is 0 Å². The molecular formula is C15H23NO. The van der Waals surface area contributed by atoms with Crippen molar-refractivity contribution in [1.82, 2.24) is 5.32 Å². The molecule has 1 aliphatic carbocycles. The first-order chi connectivity index (χ1) is 8.04. The molecule has 0 fully saturated rings. The van der Waals surface area contributed by atoms with Crippen LogP contribution in [-0.2, 0) is 6.42 Å². The number of rotatable bonds is 4. The van der Waals surface area contributed by atoms with Gasteiger partial charge in [0.2, 0.25) is 0 Å². The molecule has 2 nitrogen and oxygen atoms in total. The van der Waals surface area contributed by atoms with Crippen molar-refractivity contribution in [2.45, 2.75) is 45.7 Å². The van der Waals surface area contributed by atoms with E-state index in [9.17, 15) is 0 Å². The van der Waals surface area contributed by atoms with E-state index in [1.54, 1.807) is 0 Å². The maximum absolute atomic E-state index is 9.00. The molecule has 1 aromatic carbocycles. The van der Waals surface area contributed by atoms with Crippen LogP contribution in [0.5, 0.6) is 0 Å². The van der Waals surface area contributed by atoms with Crippen LogP contribution in [0, 0.1) is 5.41 Å². The van der Waals surface area contributed by atoms with Crippen molar-refractivity contribution < 1.29 is 5.11 Å². The van der Waals surface area contributed by atoms with E-state index in [1.165, 1.54) is 11.1 Å². The summed E-state index contributed by atoms with van der Waals surface area (Å²) in [5, 5.41) is 12.7. The fraction of sp³-hybridized carbons (Fsp3) is 0.600. The summed E-state index contributed by atoms with van der Waals surface area (Å²) in [4.78, 5) is 0. The standard InChI is InChI=1S/C15H23NO/c1-11(8-9-17)16-14-13-7-5-4-6-12(13)10-15(14,2)3/h4-7,11,14,16-17H,8-10H2,1-3H3. The highest BCUT2D eigenvalue weighted by atomic mass is 16.3. The minimum atomic E-state index is 0.253. The van der Waals surface area contributed by atoms with Crippen LogP contribution in [0.3, 0.4) is 0 Å². The second-order valence-electron chi connectivity index (χ2n) is 5.88. The molecule has 2 N–H and O–H groups in total. The number of fused-ring (bicyclic) bond motifs is 1. The highest BCUT2D eigenvalue weighted by molar-refractivity contribution is 5.37. The van der Waals surface area contributed by atoms with Crippen LogP contribution >= 0.6 is 0 Å². The van der Waals surface area contributed by atoms with Gasteiger partial charge in [0.1, 0.15) is 0 Å². The number of hydrogen-bond acceptors (Lipinski definition) is 2. The normalized spacial score (nSPS) is 23.4. The highest BCUT2D eigenvalue weighted by Crippen LogP contribution is 2.45. The predicted molar refractivity (Wildman–Crippen MR) is 71.0 cm³/mol. The summed E-state index contributed by atoms with van der Waals surface area (Å²) in [6.07, 6.45) is 1.95. The van der Waals surface area contributed by atoms with Gasteiger partial charge < -0.3 is 10.4 Å². The Morgan fingerprint density at radius 3 is 2.82 bits per heavy atom. The van der Waals surface area contributed by atoms with E-state index in [0.29, 0.717) is 12.1 Å². The molecule has 0 aromatic heterocycles. The number of benzene rings is 1. The first-order valence-electron chi connectivity index (χ1n) is 6.49. The zero-order valence-corrected chi connectivity index (χ0v) is 11.0. The van der Waals surface area contributed by atoms with E-state index in [-0.39, 0.29) is 12.0 Å². The molecule has 1 aliphatic rings. The molecule has 0 saturated heterocycles. The molecule has 2 rings (SSSR count). The van der Waals surface area contributed by atoms with Crippen molar-refractivity contribution in [3.05, 3.63) is 35.4 Å². The molecule has 0 aliphatic heterocycles. The van der Waals surface area contributed by atoms with Gasteiger partial charge in [0.05, 0.1) is 0 Å². The van der Waals surface area contributed by atoms with E-state index in [0.717, 1.165) is 12.8 Å². The Morgan fingerprint density at radius 1 is 1.41 bits per heavy atom. The summed E-state index contributed by atoms with van der Waals surface area (Å²) >= 11 is 0. The van der Waals surface area contributed by atoms with Crippen LogP contribution in [0.1, 0.15) is 44.4 Å². The van der Waals surface area contributed by atoms with Crippen molar-refractivity contribution in [3.8, 4) is 0 Å². The van der Waals surface area contributed by atoms with Gasteiger partial charge in [0, 0.05) is 18.7 Å². The zero-order chi connectivity index (χ0) is 12.5. The summed E-state index contributed by atoms with van der Waals surface area (Å²) in [5.74, 6) is 0. The van der Waals surface area contributed by atoms with Gasteiger partial charge in [-0.25, -0.2) is 0 Å². The van der Waals surface area contributed by atoms with Crippen LogP contribution in [-0.4, -0.2) is 17.8 Å². The molecule has 17 heavy (non-hydrogen) atoms. The van der Waals surface area contributed by atoms with Gasteiger partial charge >= 0.3 is 0 Å². The number of aliphatic hydroxyl groups excluding tert-OH is 1. The SMILES string of the molecule is CC(CCO)NC1c2ccccc2CC1(C)C. The summed E-state index contributed by atoms with van der Waals surface area (Å²) in [6.45, 7) is 7.03. The van der Waals surface area contributed by atoms with Crippen LogP contribution < -0.4 is 5.32 Å². The van der Waals surface area contributed by atoms with Crippen molar-refractivity contribution in [2.75, 3.05) is 6.61 Å². The molecule has 0 amide bonds. The zero-order valence-electron chi connectivity index (χ0n) is 11.0. The molecule has 0 heterocycles. The average molecular weight is 233 g/mol. The lowest BCUT2D eigenvalue weighted by molar-refractivity contribution is 0.221. The topological polar surface area (TPSA) is 32.3 Å². The highest BCUT2D eigenvalue weighted by Gasteiger charge is 2.38. The first-order valence-corrected chi connectivity index (χ1v) is 6.49. The van der Waals surface area contributed by atoms with Gasteiger partial charge in [-0.15, -0.1) is 0 Å². The Morgan fingerprint density at radius 2 is 2.12 bits per heavy atom. The molecule has 0 bridgehead atoms. The van der Waals surface area contributed by atoms with E-state index in [2.05, 4.69) is 50.4 Å². The number of aliphatic hydroxyl groups is 1. The van der Waals surface area contributed by atoms with Crippen molar-refractivity contribution >= 4 is 0 Å². The lowest BCUT2D eigenvalue weighted by Crippen LogP contribution is -2.37. The largest absolute Gasteiger partial charge is 0.396 e. The second-order valence-corrected chi connectivity index (χ2v) is 5.88. The summed E-state index contributed by atoms with van der Waals surface area (Å²) < 4.78 is 0. The predicted octanol–water partition coefficient (Wildman–Crippen LogP) is 2.67. The van der Waals surface area contributed by atoms with Crippen molar-refractivity contribution in [1.29, 1.82) is 0 Å². The van der Waals surface area contributed by atoms with Crippen LogP contribution in [0.25, 0.3) is 0 Å². The second kappa shape index (κ2) is 4.79. The Hall–Kier alpha value is -0.860. The number of hydrogen-bond donors (Lipinski definition) is 2. The molecule has 2 heteroatoms. The van der Waals surface area contributed by atoms with E-state index < -0.39 is 0 Å². The Bertz CT molecular complexity index is 386. The molecule has 0 saturated carbocycles. The lowest BCUT2D eigenvalue weighted by Gasteiger charge is -2.31. The molecule has 2 atom stereocenters. The molecule has 2 unspecified atom stereocenters. The minimum Gasteiger partial charge on any atom is -0.396 e. The third-order valence-corrected chi connectivity index (χ3v) is 3.81. The molecule has 0 radical (unpaired) electrons. The molecule has 0 spiro atoms. The molecule has 1 aromatic rings. The third-order valence-electron chi connectivity index (χ3n) is 3.81. The van der Waals surface area contributed by atoms with E-state index >= 15 is 0 Å². The molecule has 94 valence electrons. The maximum atomic E-state index is 9.00. The fourth-order valence-corrected chi connectivity index (χ4v) is 2.87. The van der Waals surface area contributed by atoms with Crippen LogP contribution in [0.2, 0.25) is 0 Å². The van der Waals surface area contributed by atoms with Gasteiger partial charge in [-0.2, -0.15) is 0 Å². The Labute approximate surface area is 104 Å². The van der Waals surface area contributed by atoms with E-state index in [1.807, 2.05) is 0 Å². The summed E-state index contributed by atoms with van der Waals surface area (Å²) in [6, 6.07) is 9.46. The van der Waals surface area contributed by atoms with Gasteiger partial charge in [-0.1, -0.05) is 38.1 Å². The van der Waals surface area contributed by atoms with Gasteiger partial charge in [0.15, 0.2) is 0 Å².